The van der Waals surface area contributed by atoms with E-state index in [0.29, 0.717) is 0 Å². The van der Waals surface area contributed by atoms with E-state index >= 15 is 0 Å². The molecule has 0 saturated carbocycles. The minimum atomic E-state index is -0.580. The first kappa shape index (κ1) is 35.0. The van der Waals surface area contributed by atoms with Crippen LogP contribution in [0.25, 0.3) is 16.7 Å². The van der Waals surface area contributed by atoms with Crippen LogP contribution in [0.2, 0.25) is 0 Å². The van der Waals surface area contributed by atoms with Gasteiger partial charge in [-0.2, -0.15) is 0 Å². The molecule has 0 spiro atoms. The van der Waals surface area contributed by atoms with Crippen molar-refractivity contribution in [1.29, 1.82) is 0 Å². The molecule has 0 aromatic heterocycles. The molecule has 8 aromatic rings. The summed E-state index contributed by atoms with van der Waals surface area (Å²) < 4.78 is 0. The molecule has 1 nitrogen and oxygen atoms in total. The third-order valence-corrected chi connectivity index (χ3v) is 14.3. The monoisotopic (exact) mass is 767 g/mol. The zero-order valence-electron chi connectivity index (χ0n) is 34.0. The van der Waals surface area contributed by atoms with Crippen molar-refractivity contribution >= 4 is 16.9 Å². The molecule has 1 heteroatoms. The van der Waals surface area contributed by atoms with E-state index in [9.17, 15) is 0 Å². The van der Waals surface area contributed by atoms with Crippen LogP contribution in [0, 0.1) is 0 Å². The summed E-state index contributed by atoms with van der Waals surface area (Å²) in [5.74, 6) is 0. The summed E-state index contributed by atoms with van der Waals surface area (Å²) in [5, 5.41) is 0. The van der Waals surface area contributed by atoms with Crippen molar-refractivity contribution < 1.29 is 0 Å². The molecule has 0 heterocycles. The summed E-state index contributed by atoms with van der Waals surface area (Å²) in [6, 6.07) is 77.8. The van der Waals surface area contributed by atoms with Crippen molar-refractivity contribution in [2.45, 2.75) is 42.6 Å². The third kappa shape index (κ3) is 4.58. The molecular weight excluding hydrogens is 723 g/mol. The van der Waals surface area contributed by atoms with E-state index in [4.69, 9.17) is 0 Å². The molecule has 0 saturated heterocycles. The van der Waals surface area contributed by atoms with Gasteiger partial charge >= 0.3 is 0 Å². The van der Waals surface area contributed by atoms with E-state index < -0.39 is 10.8 Å². The Bertz CT molecular complexity index is 3030. The minimum Gasteiger partial charge on any atom is -0.334 e. The maximum absolute atomic E-state index is 2.56. The fraction of sp³-hybridized carbons (Fsp3) is 0.119. The Morgan fingerprint density at radius 3 is 1.57 bits per heavy atom. The summed E-state index contributed by atoms with van der Waals surface area (Å²) in [7, 11) is 0. The van der Waals surface area contributed by atoms with Crippen LogP contribution in [0.5, 0.6) is 0 Å². The van der Waals surface area contributed by atoms with Gasteiger partial charge < -0.3 is 4.90 Å². The van der Waals surface area contributed by atoms with Crippen LogP contribution in [0.4, 0.5) is 11.4 Å². The van der Waals surface area contributed by atoms with Crippen molar-refractivity contribution in [3.8, 4) is 11.1 Å². The first-order valence-electron chi connectivity index (χ1n) is 21.5. The van der Waals surface area contributed by atoms with E-state index in [1.54, 1.807) is 0 Å². The van der Waals surface area contributed by atoms with Gasteiger partial charge in [0.05, 0.1) is 16.9 Å². The molecular formula is C59H45N. The Hall–Kier alpha value is -6.96. The fourth-order valence-corrected chi connectivity index (χ4v) is 11.9. The highest BCUT2D eigenvalue weighted by molar-refractivity contribution is 5.93. The number of fused-ring (bicyclic) bond motifs is 8. The molecule has 3 unspecified atom stereocenters. The number of hydrogen-bond acceptors (Lipinski definition) is 1. The lowest BCUT2D eigenvalue weighted by molar-refractivity contribution is 0.626. The predicted molar refractivity (Wildman–Crippen MR) is 248 cm³/mol. The second-order valence-electron chi connectivity index (χ2n) is 17.5. The van der Waals surface area contributed by atoms with Crippen molar-refractivity contribution in [2.75, 3.05) is 4.90 Å². The molecule has 4 aliphatic carbocycles. The number of nitrogens with zero attached hydrogens (tertiary/aromatic N) is 1. The molecule has 60 heavy (non-hydrogen) atoms. The topological polar surface area (TPSA) is 3.24 Å². The van der Waals surface area contributed by atoms with Crippen LogP contribution < -0.4 is 4.90 Å². The zero-order valence-corrected chi connectivity index (χ0v) is 34.0. The van der Waals surface area contributed by atoms with Crippen molar-refractivity contribution in [3.63, 3.8) is 0 Å². The van der Waals surface area contributed by atoms with Gasteiger partial charge in [0.1, 0.15) is 0 Å². The van der Waals surface area contributed by atoms with E-state index in [1.165, 1.54) is 89.3 Å². The molecule has 0 bridgehead atoms. The summed E-state index contributed by atoms with van der Waals surface area (Å²) in [5.41, 5.74) is 20.2. The zero-order chi connectivity index (χ0) is 40.1. The number of benzene rings is 8. The standard InChI is InChI=1S/C59H45N/c1-57(2)50-28-14-12-25-46(50)48-38-37-45(39-55(48)57)60(43-23-10-5-11-24-43)44-35-33-42(34-36-44)58(40-19-6-3-7-20-40)52-30-16-17-31-53(52)59(41-21-8-4-9-22-41)51-29-15-13-26-47(51)49-27-18-32-54(58)56(49)59/h3-36,38-39,45H,37H2,1-2H3. The Morgan fingerprint density at radius 1 is 0.400 bits per heavy atom. The smallest absolute Gasteiger partial charge is 0.0720 e. The van der Waals surface area contributed by atoms with Crippen LogP contribution in [0.3, 0.4) is 0 Å². The van der Waals surface area contributed by atoms with Gasteiger partial charge in [-0.3, -0.25) is 0 Å². The minimum absolute atomic E-state index is 0.0612. The van der Waals surface area contributed by atoms with Gasteiger partial charge in [-0.15, -0.1) is 0 Å². The molecule has 4 aliphatic rings. The first-order valence-corrected chi connectivity index (χ1v) is 21.5. The fourth-order valence-electron chi connectivity index (χ4n) is 11.9. The summed E-state index contributed by atoms with van der Waals surface area (Å²) in [6.07, 6.45) is 5.99. The van der Waals surface area contributed by atoms with Gasteiger partial charge in [-0.05, 0) is 109 Å². The molecule has 8 aromatic carbocycles. The largest absolute Gasteiger partial charge is 0.334 e. The first-order chi connectivity index (χ1) is 29.5. The molecule has 0 radical (unpaired) electrons. The Labute approximate surface area is 353 Å². The highest BCUT2D eigenvalue weighted by Gasteiger charge is 2.57. The highest BCUT2D eigenvalue weighted by atomic mass is 15.2. The molecule has 0 amide bonds. The Balaban J connectivity index is 1.08. The van der Waals surface area contributed by atoms with Gasteiger partial charge in [-0.25, -0.2) is 0 Å². The SMILES string of the molecule is CC1(C)C2=CC(N(c3ccccc3)c3ccc(C4(c5ccccc5)c5ccccc5C5(c6ccccc6)c6ccccc6-c6cccc4c65)cc3)CC=C2c2ccccc21. The van der Waals surface area contributed by atoms with Crippen LogP contribution >= 0.6 is 0 Å². The normalized spacial score (nSPS) is 21.1. The number of para-hydroxylation sites is 1. The second kappa shape index (κ2) is 13.0. The summed E-state index contributed by atoms with van der Waals surface area (Å²) in [4.78, 5) is 2.56. The number of anilines is 2. The predicted octanol–water partition coefficient (Wildman–Crippen LogP) is 14.0. The average Bonchev–Trinajstić information content (AvgIpc) is 3.75. The number of hydrogen-bond donors (Lipinski definition) is 0. The van der Waals surface area contributed by atoms with Gasteiger partial charge in [0.2, 0.25) is 0 Å². The lowest BCUT2D eigenvalue weighted by atomic mass is 9.52. The number of allylic oxidation sites excluding steroid dienone is 2. The van der Waals surface area contributed by atoms with Crippen molar-refractivity contribution in [1.82, 2.24) is 0 Å². The quantitative estimate of drug-likeness (QED) is 0.163. The van der Waals surface area contributed by atoms with Crippen molar-refractivity contribution in [2.24, 2.45) is 0 Å². The lowest BCUT2D eigenvalue weighted by Gasteiger charge is -2.49. The molecule has 0 aliphatic heterocycles. The second-order valence-corrected chi connectivity index (χ2v) is 17.5. The third-order valence-electron chi connectivity index (χ3n) is 14.3. The van der Waals surface area contributed by atoms with Gasteiger partial charge in [-0.1, -0.05) is 208 Å². The highest BCUT2D eigenvalue weighted by Crippen LogP contribution is 2.65. The summed E-state index contributed by atoms with van der Waals surface area (Å²) >= 11 is 0. The van der Waals surface area contributed by atoms with Crippen LogP contribution in [0.15, 0.2) is 224 Å². The maximum atomic E-state index is 2.56. The van der Waals surface area contributed by atoms with Crippen LogP contribution in [0.1, 0.15) is 75.9 Å². The molecule has 0 fully saturated rings. The van der Waals surface area contributed by atoms with E-state index in [1.807, 2.05) is 0 Å². The Kier molecular flexibility index (Phi) is 7.60. The van der Waals surface area contributed by atoms with E-state index in [-0.39, 0.29) is 11.5 Å². The molecule has 286 valence electrons. The molecule has 3 atom stereocenters. The maximum Gasteiger partial charge on any atom is 0.0720 e. The van der Waals surface area contributed by atoms with Crippen LogP contribution in [-0.2, 0) is 16.2 Å². The van der Waals surface area contributed by atoms with Gasteiger partial charge in [0.25, 0.3) is 0 Å². The van der Waals surface area contributed by atoms with E-state index in [0.717, 1.165) is 6.42 Å². The van der Waals surface area contributed by atoms with Crippen LogP contribution in [-0.4, -0.2) is 6.04 Å². The van der Waals surface area contributed by atoms with Gasteiger partial charge in [0, 0.05) is 16.8 Å². The lowest BCUT2D eigenvalue weighted by Crippen LogP contribution is -2.44. The van der Waals surface area contributed by atoms with E-state index in [2.05, 4.69) is 237 Å². The Morgan fingerprint density at radius 2 is 0.883 bits per heavy atom. The summed E-state index contributed by atoms with van der Waals surface area (Å²) in [6.45, 7) is 4.78. The molecule has 12 rings (SSSR count). The average molecular weight is 768 g/mol. The molecule has 0 N–H and O–H groups in total. The number of rotatable bonds is 6. The van der Waals surface area contributed by atoms with Gasteiger partial charge in [0.15, 0.2) is 0 Å². The van der Waals surface area contributed by atoms with Crippen molar-refractivity contribution in [3.05, 3.63) is 280 Å².